The smallest absolute Gasteiger partial charge is 0.308 e. The molecule has 0 atom stereocenters. The molecule has 2 aliphatic rings. The molecular weight excluding hydrogens is 339 g/mol. The fraction of sp³-hybridized carbons (Fsp3) is 0.375. The Morgan fingerprint density at radius 1 is 1.33 bits per heavy atom. The Hall–Kier alpha value is -1.80. The van der Waals surface area contributed by atoms with Crippen LogP contribution in [-0.4, -0.2) is 34.7 Å². The SMILES string of the molecule is C=CSN1CCC2(CC1)N=C(c1cccc(C(F)(F)F)c1)NC2=O. The number of aliphatic imine (C=N–C) groups is 1. The topological polar surface area (TPSA) is 44.7 Å². The molecule has 3 rings (SSSR count). The Labute approximate surface area is 142 Å². The number of rotatable bonds is 3. The van der Waals surface area contributed by atoms with Gasteiger partial charge in [0.25, 0.3) is 5.91 Å². The van der Waals surface area contributed by atoms with Crippen molar-refractivity contribution in [2.45, 2.75) is 24.6 Å². The molecule has 2 heterocycles. The number of nitrogens with zero attached hydrogens (tertiary/aromatic N) is 2. The van der Waals surface area contributed by atoms with Crippen LogP contribution in [0.15, 0.2) is 41.2 Å². The number of alkyl halides is 3. The molecule has 1 fully saturated rings. The Morgan fingerprint density at radius 2 is 2.04 bits per heavy atom. The molecule has 8 heteroatoms. The van der Waals surface area contributed by atoms with E-state index in [0.29, 0.717) is 25.9 Å². The molecule has 24 heavy (non-hydrogen) atoms. The number of nitrogens with one attached hydrogen (secondary N) is 1. The van der Waals surface area contributed by atoms with Crippen molar-refractivity contribution in [3.05, 3.63) is 47.4 Å². The van der Waals surface area contributed by atoms with Crippen LogP contribution in [0.2, 0.25) is 0 Å². The number of amides is 1. The van der Waals surface area contributed by atoms with Gasteiger partial charge in [-0.25, -0.2) is 4.31 Å². The third-order valence-electron chi connectivity index (χ3n) is 4.22. The number of hydrogen-bond acceptors (Lipinski definition) is 4. The summed E-state index contributed by atoms with van der Waals surface area (Å²) in [5.41, 5.74) is -1.35. The predicted molar refractivity (Wildman–Crippen MR) is 87.4 cm³/mol. The highest BCUT2D eigenvalue weighted by atomic mass is 32.2. The van der Waals surface area contributed by atoms with Crippen LogP contribution in [0.3, 0.4) is 0 Å². The van der Waals surface area contributed by atoms with Crippen molar-refractivity contribution in [3.8, 4) is 0 Å². The molecule has 0 aromatic heterocycles. The van der Waals surface area contributed by atoms with Crippen molar-refractivity contribution in [1.29, 1.82) is 0 Å². The van der Waals surface area contributed by atoms with Crippen LogP contribution in [0.25, 0.3) is 0 Å². The third-order valence-corrected chi connectivity index (χ3v) is 5.03. The van der Waals surface area contributed by atoms with Gasteiger partial charge >= 0.3 is 6.18 Å². The van der Waals surface area contributed by atoms with Gasteiger partial charge in [0.15, 0.2) is 0 Å². The summed E-state index contributed by atoms with van der Waals surface area (Å²) in [6.07, 6.45) is -3.37. The Balaban J connectivity index is 1.84. The van der Waals surface area contributed by atoms with E-state index in [1.165, 1.54) is 24.1 Å². The highest BCUT2D eigenvalue weighted by molar-refractivity contribution is 7.99. The number of benzene rings is 1. The van der Waals surface area contributed by atoms with E-state index in [1.54, 1.807) is 5.41 Å². The van der Waals surface area contributed by atoms with E-state index in [9.17, 15) is 18.0 Å². The van der Waals surface area contributed by atoms with Gasteiger partial charge in [0.05, 0.1) is 5.56 Å². The second-order valence-corrected chi connectivity index (χ2v) is 6.79. The lowest BCUT2D eigenvalue weighted by atomic mass is 9.89. The predicted octanol–water partition coefficient (Wildman–Crippen LogP) is 3.21. The van der Waals surface area contributed by atoms with E-state index in [2.05, 4.69) is 21.2 Å². The molecule has 0 unspecified atom stereocenters. The normalized spacial score (nSPS) is 20.8. The second kappa shape index (κ2) is 6.25. The summed E-state index contributed by atoms with van der Waals surface area (Å²) in [4.78, 5) is 16.9. The van der Waals surface area contributed by atoms with Gasteiger partial charge in [0, 0.05) is 18.7 Å². The summed E-state index contributed by atoms with van der Waals surface area (Å²) >= 11 is 1.49. The lowest BCUT2D eigenvalue weighted by molar-refractivity contribution is -0.137. The van der Waals surface area contributed by atoms with Gasteiger partial charge in [-0.1, -0.05) is 30.7 Å². The van der Waals surface area contributed by atoms with E-state index in [1.807, 2.05) is 0 Å². The fourth-order valence-corrected chi connectivity index (χ4v) is 3.51. The minimum Gasteiger partial charge on any atom is -0.308 e. The number of halogens is 3. The van der Waals surface area contributed by atoms with Crippen LogP contribution < -0.4 is 5.32 Å². The molecular formula is C16H16F3N3OS. The lowest BCUT2D eigenvalue weighted by Gasteiger charge is -2.33. The number of carbonyl (C=O) groups is 1. The first-order chi connectivity index (χ1) is 11.3. The maximum Gasteiger partial charge on any atom is 0.416 e. The summed E-state index contributed by atoms with van der Waals surface area (Å²) in [6, 6.07) is 4.86. The molecule has 1 N–H and O–H groups in total. The lowest BCUT2D eigenvalue weighted by Crippen LogP contribution is -2.47. The minimum atomic E-state index is -4.43. The first kappa shape index (κ1) is 17.0. The van der Waals surface area contributed by atoms with Crippen LogP contribution >= 0.6 is 11.9 Å². The zero-order valence-corrected chi connectivity index (χ0v) is 13.6. The van der Waals surface area contributed by atoms with Crippen molar-refractivity contribution < 1.29 is 18.0 Å². The van der Waals surface area contributed by atoms with E-state index in [0.717, 1.165) is 12.1 Å². The highest BCUT2D eigenvalue weighted by Gasteiger charge is 2.46. The summed E-state index contributed by atoms with van der Waals surface area (Å²) in [5.74, 6) is -0.0194. The molecule has 2 aliphatic heterocycles. The molecule has 0 bridgehead atoms. The monoisotopic (exact) mass is 355 g/mol. The van der Waals surface area contributed by atoms with Crippen molar-refractivity contribution in [3.63, 3.8) is 0 Å². The standard InChI is InChI=1S/C16H16F3N3OS/c1-2-24-22-8-6-15(7-9-22)14(23)20-13(21-15)11-4-3-5-12(10-11)16(17,18)19/h2-5,10H,1,6-9H2,(H,20,21,23). The van der Waals surface area contributed by atoms with Crippen LogP contribution in [-0.2, 0) is 11.0 Å². The number of hydrogen-bond donors (Lipinski definition) is 1. The molecule has 1 saturated heterocycles. The van der Waals surface area contributed by atoms with Crippen LogP contribution in [0.4, 0.5) is 13.2 Å². The minimum absolute atomic E-state index is 0.218. The summed E-state index contributed by atoms with van der Waals surface area (Å²) in [5, 5.41) is 4.38. The Kier molecular flexibility index (Phi) is 4.44. The van der Waals surface area contributed by atoms with Gasteiger partial charge < -0.3 is 5.32 Å². The van der Waals surface area contributed by atoms with Crippen LogP contribution in [0.5, 0.6) is 0 Å². The zero-order chi connectivity index (χ0) is 17.4. The molecule has 128 valence electrons. The zero-order valence-electron chi connectivity index (χ0n) is 12.8. The molecule has 0 saturated carbocycles. The molecule has 4 nitrogen and oxygen atoms in total. The van der Waals surface area contributed by atoms with E-state index < -0.39 is 17.3 Å². The Morgan fingerprint density at radius 3 is 2.67 bits per heavy atom. The second-order valence-electron chi connectivity index (χ2n) is 5.73. The van der Waals surface area contributed by atoms with Gasteiger partial charge in [-0.05, 0) is 30.4 Å². The van der Waals surface area contributed by atoms with Crippen molar-refractivity contribution in [2.75, 3.05) is 13.1 Å². The first-order valence-electron chi connectivity index (χ1n) is 7.46. The number of piperidine rings is 1. The van der Waals surface area contributed by atoms with Crippen LogP contribution in [0.1, 0.15) is 24.0 Å². The van der Waals surface area contributed by atoms with Crippen LogP contribution in [0, 0.1) is 0 Å². The number of carbonyl (C=O) groups excluding carboxylic acids is 1. The maximum atomic E-state index is 12.9. The van der Waals surface area contributed by atoms with Gasteiger partial charge in [-0.15, -0.1) is 0 Å². The van der Waals surface area contributed by atoms with Crippen molar-refractivity contribution in [2.24, 2.45) is 4.99 Å². The molecule has 1 amide bonds. The maximum absolute atomic E-state index is 12.9. The van der Waals surface area contributed by atoms with Crippen molar-refractivity contribution in [1.82, 2.24) is 9.62 Å². The van der Waals surface area contributed by atoms with Gasteiger partial charge in [0.1, 0.15) is 11.4 Å². The summed E-state index contributed by atoms with van der Waals surface area (Å²) < 4.78 is 40.6. The third kappa shape index (κ3) is 3.21. The average molecular weight is 355 g/mol. The molecule has 0 radical (unpaired) electrons. The first-order valence-corrected chi connectivity index (χ1v) is 8.29. The number of amidine groups is 1. The van der Waals surface area contributed by atoms with E-state index >= 15 is 0 Å². The largest absolute Gasteiger partial charge is 0.416 e. The molecule has 0 aliphatic carbocycles. The molecule has 1 spiro atoms. The van der Waals surface area contributed by atoms with Gasteiger partial charge in [0.2, 0.25) is 0 Å². The van der Waals surface area contributed by atoms with Crippen molar-refractivity contribution >= 4 is 23.7 Å². The van der Waals surface area contributed by atoms with Gasteiger partial charge in [-0.3, -0.25) is 9.79 Å². The van der Waals surface area contributed by atoms with Gasteiger partial charge in [-0.2, -0.15) is 13.2 Å². The average Bonchev–Trinajstić information content (AvgIpc) is 2.86. The highest BCUT2D eigenvalue weighted by Crippen LogP contribution is 2.34. The van der Waals surface area contributed by atoms with E-state index in [4.69, 9.17) is 0 Å². The van der Waals surface area contributed by atoms with E-state index in [-0.39, 0.29) is 17.3 Å². The quantitative estimate of drug-likeness (QED) is 0.847. The summed E-state index contributed by atoms with van der Waals surface area (Å²) in [6.45, 7) is 5.00. The Bertz CT molecular complexity index is 694. The summed E-state index contributed by atoms with van der Waals surface area (Å²) in [7, 11) is 0. The fourth-order valence-electron chi connectivity index (χ4n) is 2.90. The molecule has 1 aromatic rings. The molecule has 1 aromatic carbocycles.